The number of rotatable bonds is 2. The first-order valence-electron chi connectivity index (χ1n) is 5.56. The number of hydrogen-bond acceptors (Lipinski definition) is 1. The lowest BCUT2D eigenvalue weighted by atomic mass is 9.90. The molecule has 84 valence electrons. The normalized spacial score (nSPS) is 10.2. The highest BCUT2D eigenvalue weighted by atomic mass is 15.1. The largest absolute Gasteiger partial charge is 0.304 e. The quantitative estimate of drug-likeness (QED) is 0.634. The highest BCUT2D eigenvalue weighted by Gasteiger charge is 2.23. The van der Waals surface area contributed by atoms with Gasteiger partial charge in [0, 0.05) is 5.54 Å². The molecule has 0 saturated heterocycles. The van der Waals surface area contributed by atoms with Gasteiger partial charge in [-0.3, -0.25) is 0 Å². The summed E-state index contributed by atoms with van der Waals surface area (Å²) >= 11 is 0. The van der Waals surface area contributed by atoms with Crippen LogP contribution in [0.4, 0.5) is 0 Å². The lowest BCUT2D eigenvalue weighted by molar-refractivity contribution is 0.136. The zero-order chi connectivity index (χ0) is 11.7. The summed E-state index contributed by atoms with van der Waals surface area (Å²) in [6.07, 6.45) is 0. The lowest BCUT2D eigenvalue weighted by Crippen LogP contribution is -2.42. The second-order valence-electron chi connectivity index (χ2n) is 3.70. The highest BCUT2D eigenvalue weighted by Crippen LogP contribution is 2.20. The highest BCUT2D eigenvalue weighted by molar-refractivity contribution is 4.79. The van der Waals surface area contributed by atoms with Crippen LogP contribution in [0.15, 0.2) is 0 Å². The van der Waals surface area contributed by atoms with Gasteiger partial charge in [0.05, 0.1) is 0 Å². The molecule has 0 aromatic heterocycles. The summed E-state index contributed by atoms with van der Waals surface area (Å²) in [6, 6.07) is 0. The Morgan fingerprint density at radius 1 is 0.846 bits per heavy atom. The van der Waals surface area contributed by atoms with E-state index in [1.807, 2.05) is 27.7 Å². The van der Waals surface area contributed by atoms with Gasteiger partial charge in [0.2, 0.25) is 0 Å². The summed E-state index contributed by atoms with van der Waals surface area (Å²) in [7, 11) is 4.25. The molecule has 0 fully saturated rings. The second-order valence-corrected chi connectivity index (χ2v) is 3.70. The standard InChI is InChI=1S/C8H19N.2C2H6/c1-7(2)8(3,4)9(5)6;2*1-2/h7H,1-6H3;2*1-2H3. The van der Waals surface area contributed by atoms with Crippen LogP contribution in [0.3, 0.4) is 0 Å². The molecule has 0 aliphatic rings. The fraction of sp³-hybridized carbons (Fsp3) is 1.00. The fourth-order valence-electron chi connectivity index (χ4n) is 0.516. The summed E-state index contributed by atoms with van der Waals surface area (Å²) < 4.78 is 0. The Morgan fingerprint density at radius 2 is 1.08 bits per heavy atom. The van der Waals surface area contributed by atoms with Crippen LogP contribution in [0.1, 0.15) is 55.4 Å². The van der Waals surface area contributed by atoms with Crippen molar-refractivity contribution in [3.05, 3.63) is 0 Å². The summed E-state index contributed by atoms with van der Waals surface area (Å²) in [5, 5.41) is 0. The van der Waals surface area contributed by atoms with Crippen LogP contribution in [0.2, 0.25) is 0 Å². The van der Waals surface area contributed by atoms with E-state index in [0.29, 0.717) is 11.5 Å². The van der Waals surface area contributed by atoms with Gasteiger partial charge >= 0.3 is 0 Å². The van der Waals surface area contributed by atoms with Gasteiger partial charge in [0.1, 0.15) is 0 Å². The van der Waals surface area contributed by atoms with Gasteiger partial charge in [-0.05, 0) is 33.9 Å². The Balaban J connectivity index is -0.000000218. The van der Waals surface area contributed by atoms with E-state index in [-0.39, 0.29) is 0 Å². The molecule has 0 aromatic carbocycles. The van der Waals surface area contributed by atoms with Crippen molar-refractivity contribution in [1.29, 1.82) is 0 Å². The molecule has 0 aliphatic heterocycles. The summed E-state index contributed by atoms with van der Waals surface area (Å²) in [5.41, 5.74) is 0.333. The maximum atomic E-state index is 2.26. The maximum absolute atomic E-state index is 2.26. The lowest BCUT2D eigenvalue weighted by Gasteiger charge is -2.36. The van der Waals surface area contributed by atoms with Crippen LogP contribution in [0.5, 0.6) is 0 Å². The predicted molar refractivity (Wildman–Crippen MR) is 65.3 cm³/mol. The first-order chi connectivity index (χ1) is 5.89. The van der Waals surface area contributed by atoms with Gasteiger partial charge in [-0.15, -0.1) is 0 Å². The third-order valence-electron chi connectivity index (χ3n) is 2.57. The predicted octanol–water partition coefficient (Wildman–Crippen LogP) is 4.04. The van der Waals surface area contributed by atoms with E-state index in [1.54, 1.807) is 0 Å². The molecule has 13 heavy (non-hydrogen) atoms. The molecule has 0 aliphatic carbocycles. The third-order valence-corrected chi connectivity index (χ3v) is 2.57. The van der Waals surface area contributed by atoms with Crippen LogP contribution in [-0.2, 0) is 0 Å². The van der Waals surface area contributed by atoms with E-state index >= 15 is 0 Å². The molecule has 0 heterocycles. The van der Waals surface area contributed by atoms with Gasteiger partial charge in [-0.2, -0.15) is 0 Å². The monoisotopic (exact) mass is 189 g/mol. The number of hydrogen-bond donors (Lipinski definition) is 0. The van der Waals surface area contributed by atoms with E-state index in [0.717, 1.165) is 0 Å². The first-order valence-corrected chi connectivity index (χ1v) is 5.56. The van der Waals surface area contributed by atoms with Gasteiger partial charge < -0.3 is 4.90 Å². The average Bonchev–Trinajstić information content (AvgIpc) is 2.11. The van der Waals surface area contributed by atoms with E-state index in [2.05, 4.69) is 46.7 Å². The van der Waals surface area contributed by atoms with Crippen LogP contribution in [0, 0.1) is 5.92 Å². The third kappa shape index (κ3) is 8.29. The van der Waals surface area contributed by atoms with Crippen molar-refractivity contribution < 1.29 is 0 Å². The van der Waals surface area contributed by atoms with E-state index in [4.69, 9.17) is 0 Å². The van der Waals surface area contributed by atoms with Gasteiger partial charge in [-0.1, -0.05) is 41.5 Å². The van der Waals surface area contributed by atoms with Crippen LogP contribution in [-0.4, -0.2) is 24.5 Å². The Hall–Kier alpha value is -0.0400. The number of nitrogens with zero attached hydrogens (tertiary/aromatic N) is 1. The summed E-state index contributed by atoms with van der Waals surface area (Å²) in [6.45, 7) is 17.0. The molecule has 1 heteroatoms. The molecule has 0 rings (SSSR count). The maximum Gasteiger partial charge on any atom is 0.0170 e. The molecule has 0 unspecified atom stereocenters. The minimum atomic E-state index is 0.333. The van der Waals surface area contributed by atoms with Crippen molar-refractivity contribution in [3.63, 3.8) is 0 Å². The Kier molecular flexibility index (Phi) is 14.4. The smallest absolute Gasteiger partial charge is 0.0170 e. The van der Waals surface area contributed by atoms with Crippen molar-refractivity contribution in [2.24, 2.45) is 5.92 Å². The minimum Gasteiger partial charge on any atom is -0.304 e. The molecule has 0 bridgehead atoms. The SMILES string of the molecule is CC.CC.CC(C)C(C)(C)N(C)C. The molecule has 0 N–H and O–H groups in total. The first kappa shape index (κ1) is 18.7. The van der Waals surface area contributed by atoms with Gasteiger partial charge in [0.25, 0.3) is 0 Å². The van der Waals surface area contributed by atoms with E-state index in [1.165, 1.54) is 0 Å². The molecule has 0 saturated carbocycles. The van der Waals surface area contributed by atoms with E-state index in [9.17, 15) is 0 Å². The second kappa shape index (κ2) is 10.0. The molecule has 0 radical (unpaired) electrons. The molecule has 1 nitrogen and oxygen atoms in total. The topological polar surface area (TPSA) is 3.24 Å². The zero-order valence-electron chi connectivity index (χ0n) is 11.5. The van der Waals surface area contributed by atoms with Crippen molar-refractivity contribution in [2.45, 2.75) is 60.9 Å². The van der Waals surface area contributed by atoms with Crippen LogP contribution < -0.4 is 0 Å². The Labute approximate surface area is 86.5 Å². The van der Waals surface area contributed by atoms with Crippen molar-refractivity contribution >= 4 is 0 Å². The van der Waals surface area contributed by atoms with Gasteiger partial charge in [0.15, 0.2) is 0 Å². The Morgan fingerprint density at radius 3 is 1.08 bits per heavy atom. The summed E-state index contributed by atoms with van der Waals surface area (Å²) in [5.74, 6) is 0.715. The van der Waals surface area contributed by atoms with Crippen molar-refractivity contribution in [2.75, 3.05) is 14.1 Å². The minimum absolute atomic E-state index is 0.333. The molecule has 0 atom stereocenters. The average molecular weight is 189 g/mol. The molecule has 0 amide bonds. The fourth-order valence-corrected chi connectivity index (χ4v) is 0.516. The van der Waals surface area contributed by atoms with Crippen LogP contribution >= 0.6 is 0 Å². The zero-order valence-corrected chi connectivity index (χ0v) is 11.5. The molecular weight excluding hydrogens is 158 g/mol. The molecule has 0 spiro atoms. The van der Waals surface area contributed by atoms with Crippen molar-refractivity contribution in [1.82, 2.24) is 4.90 Å². The molecular formula is C12H31N. The van der Waals surface area contributed by atoms with Gasteiger partial charge in [-0.25, -0.2) is 0 Å². The Bertz CT molecular complexity index is 73.1. The van der Waals surface area contributed by atoms with Crippen molar-refractivity contribution in [3.8, 4) is 0 Å². The van der Waals surface area contributed by atoms with Crippen LogP contribution in [0.25, 0.3) is 0 Å². The molecule has 0 aromatic rings. The summed E-state index contributed by atoms with van der Waals surface area (Å²) in [4.78, 5) is 2.26. The van der Waals surface area contributed by atoms with E-state index < -0.39 is 0 Å².